The minimum absolute atomic E-state index is 0.0966. The van der Waals surface area contributed by atoms with Crippen LogP contribution in [0.4, 0.5) is 5.95 Å². The largest absolute Gasteiger partial charge is 0.507 e. The van der Waals surface area contributed by atoms with Crippen molar-refractivity contribution in [2.45, 2.75) is 0 Å². The molecule has 0 atom stereocenters. The second kappa shape index (κ2) is 7.61. The number of fused-ring (bicyclic) bond motifs is 1. The minimum atomic E-state index is -0.378. The molecular formula is C20H14BrN5O2. The van der Waals surface area contributed by atoms with E-state index in [2.05, 4.69) is 41.6 Å². The molecule has 0 aliphatic carbocycles. The maximum atomic E-state index is 12.2. The van der Waals surface area contributed by atoms with Crippen LogP contribution in [0.1, 0.15) is 5.56 Å². The Hall–Kier alpha value is -3.52. The lowest BCUT2D eigenvalue weighted by Gasteiger charge is -2.06. The highest BCUT2D eigenvalue weighted by atomic mass is 79.9. The fourth-order valence-electron chi connectivity index (χ4n) is 2.78. The van der Waals surface area contributed by atoms with Crippen molar-refractivity contribution >= 4 is 38.9 Å². The van der Waals surface area contributed by atoms with Gasteiger partial charge in [-0.25, -0.2) is 5.43 Å². The van der Waals surface area contributed by atoms with Gasteiger partial charge in [-0.15, -0.1) is 10.2 Å². The number of halogens is 1. The summed E-state index contributed by atoms with van der Waals surface area (Å²) in [6, 6.07) is 18.2. The molecule has 1 aromatic heterocycles. The van der Waals surface area contributed by atoms with Crippen LogP contribution in [0, 0.1) is 0 Å². The molecule has 1 heterocycles. The van der Waals surface area contributed by atoms with Crippen molar-refractivity contribution in [3.63, 3.8) is 0 Å². The lowest BCUT2D eigenvalue weighted by Crippen LogP contribution is -2.15. The lowest BCUT2D eigenvalue weighted by molar-refractivity contribution is 0.475. The zero-order chi connectivity index (χ0) is 19.5. The highest BCUT2D eigenvalue weighted by molar-refractivity contribution is 9.10. The number of nitrogens with one attached hydrogen (secondary N) is 2. The number of H-pyrrole nitrogens is 1. The molecule has 28 heavy (non-hydrogen) atoms. The fraction of sp³-hybridized carbons (Fsp3) is 0. The number of benzene rings is 3. The second-order valence-corrected chi connectivity index (χ2v) is 6.87. The number of nitrogens with zero attached hydrogens (tertiary/aromatic N) is 3. The summed E-state index contributed by atoms with van der Waals surface area (Å²) >= 11 is 3.43. The van der Waals surface area contributed by atoms with E-state index in [0.29, 0.717) is 11.1 Å². The Bertz CT molecular complexity index is 1240. The molecular weight excluding hydrogens is 422 g/mol. The van der Waals surface area contributed by atoms with Gasteiger partial charge in [0.25, 0.3) is 5.56 Å². The normalized spacial score (nSPS) is 11.2. The summed E-state index contributed by atoms with van der Waals surface area (Å²) < 4.78 is 0.943. The number of aromatic nitrogens is 3. The molecule has 0 fully saturated rings. The number of anilines is 1. The minimum Gasteiger partial charge on any atom is -0.507 e. The molecule has 3 aromatic carbocycles. The maximum Gasteiger partial charge on any atom is 0.279 e. The van der Waals surface area contributed by atoms with E-state index in [1.807, 2.05) is 42.5 Å². The first-order chi connectivity index (χ1) is 13.6. The summed E-state index contributed by atoms with van der Waals surface area (Å²) in [6.07, 6.45) is 1.47. The maximum absolute atomic E-state index is 12.2. The Labute approximate surface area is 167 Å². The van der Waals surface area contributed by atoms with Gasteiger partial charge < -0.3 is 5.11 Å². The Balaban J connectivity index is 1.59. The highest BCUT2D eigenvalue weighted by Crippen LogP contribution is 2.28. The van der Waals surface area contributed by atoms with E-state index in [-0.39, 0.29) is 23.0 Å². The van der Waals surface area contributed by atoms with Crippen LogP contribution >= 0.6 is 15.9 Å². The number of hydrogen-bond donors (Lipinski definition) is 3. The molecule has 0 radical (unpaired) electrons. The summed E-state index contributed by atoms with van der Waals surface area (Å²) in [5, 5.41) is 23.9. The number of rotatable bonds is 4. The first-order valence-corrected chi connectivity index (χ1v) is 9.14. The number of phenolic OH excluding ortho intramolecular Hbond substituents is 1. The van der Waals surface area contributed by atoms with Crippen LogP contribution in [0.15, 0.2) is 75.0 Å². The van der Waals surface area contributed by atoms with Gasteiger partial charge in [0.2, 0.25) is 5.95 Å². The molecule has 3 N–H and O–H groups in total. The van der Waals surface area contributed by atoms with Crippen LogP contribution in [0.2, 0.25) is 0 Å². The van der Waals surface area contributed by atoms with Crippen molar-refractivity contribution in [2.24, 2.45) is 5.10 Å². The van der Waals surface area contributed by atoms with Crippen LogP contribution in [-0.4, -0.2) is 26.5 Å². The number of hydrazone groups is 1. The molecule has 7 nitrogen and oxygen atoms in total. The van der Waals surface area contributed by atoms with Crippen LogP contribution in [0.25, 0.3) is 22.0 Å². The third kappa shape index (κ3) is 3.63. The van der Waals surface area contributed by atoms with Crippen molar-refractivity contribution in [2.75, 3.05) is 5.43 Å². The van der Waals surface area contributed by atoms with Crippen molar-refractivity contribution in [1.82, 2.24) is 15.2 Å². The molecule has 8 heteroatoms. The number of hydrogen-bond acceptors (Lipinski definition) is 6. The van der Waals surface area contributed by atoms with E-state index in [9.17, 15) is 9.90 Å². The van der Waals surface area contributed by atoms with E-state index in [4.69, 9.17) is 0 Å². The molecule has 4 aromatic rings. The fourth-order valence-corrected chi connectivity index (χ4v) is 3.16. The average molecular weight is 436 g/mol. The van der Waals surface area contributed by atoms with E-state index < -0.39 is 0 Å². The quantitative estimate of drug-likeness (QED) is 0.333. The zero-order valence-corrected chi connectivity index (χ0v) is 16.0. The van der Waals surface area contributed by atoms with Gasteiger partial charge in [-0.3, -0.25) is 9.78 Å². The number of aromatic hydroxyl groups is 1. The highest BCUT2D eigenvalue weighted by Gasteiger charge is 2.08. The van der Waals surface area contributed by atoms with Gasteiger partial charge >= 0.3 is 0 Å². The lowest BCUT2D eigenvalue weighted by atomic mass is 10.0. The van der Waals surface area contributed by atoms with Crippen LogP contribution in [-0.2, 0) is 0 Å². The number of phenols is 1. The standard InChI is InChI=1S/C20H14BrN5O2/c21-14-7-8-15-13(10-14)6-9-17(27)16(15)11-22-25-20-23-19(28)18(24-26-20)12-4-2-1-3-5-12/h1-11,27H,(H2,23,25,26,28)/b22-11+. The van der Waals surface area contributed by atoms with E-state index in [0.717, 1.165) is 15.2 Å². The van der Waals surface area contributed by atoms with Crippen molar-refractivity contribution < 1.29 is 5.11 Å². The molecule has 0 aliphatic heterocycles. The van der Waals surface area contributed by atoms with Gasteiger partial charge in [0.1, 0.15) is 5.75 Å². The van der Waals surface area contributed by atoms with Gasteiger partial charge in [-0.1, -0.05) is 58.4 Å². The zero-order valence-electron chi connectivity index (χ0n) is 14.4. The topological polar surface area (TPSA) is 103 Å². The molecule has 0 saturated heterocycles. The smallest absolute Gasteiger partial charge is 0.279 e. The van der Waals surface area contributed by atoms with Gasteiger partial charge in [-0.05, 0) is 29.0 Å². The van der Waals surface area contributed by atoms with Gasteiger partial charge in [-0.2, -0.15) is 5.10 Å². The molecule has 0 saturated carbocycles. The van der Waals surface area contributed by atoms with Crippen LogP contribution < -0.4 is 11.0 Å². The van der Waals surface area contributed by atoms with Crippen molar-refractivity contribution in [1.29, 1.82) is 0 Å². The Morgan fingerprint density at radius 3 is 2.68 bits per heavy atom. The summed E-state index contributed by atoms with van der Waals surface area (Å²) in [6.45, 7) is 0. The van der Waals surface area contributed by atoms with Gasteiger partial charge in [0.15, 0.2) is 5.69 Å². The van der Waals surface area contributed by atoms with Crippen molar-refractivity contribution in [3.8, 4) is 17.0 Å². The van der Waals surface area contributed by atoms with Gasteiger partial charge in [0, 0.05) is 15.6 Å². The Morgan fingerprint density at radius 2 is 1.89 bits per heavy atom. The van der Waals surface area contributed by atoms with E-state index in [1.54, 1.807) is 18.2 Å². The Morgan fingerprint density at radius 1 is 1.07 bits per heavy atom. The monoisotopic (exact) mass is 435 g/mol. The summed E-state index contributed by atoms with van der Waals surface area (Å²) in [5.74, 6) is 0.197. The molecule has 0 amide bonds. The molecule has 0 unspecified atom stereocenters. The summed E-state index contributed by atoms with van der Waals surface area (Å²) in [7, 11) is 0. The van der Waals surface area contributed by atoms with E-state index in [1.165, 1.54) is 6.21 Å². The first-order valence-electron chi connectivity index (χ1n) is 8.34. The molecule has 0 spiro atoms. The third-order valence-corrected chi connectivity index (χ3v) is 4.60. The first kappa shape index (κ1) is 17.9. The third-order valence-electron chi connectivity index (χ3n) is 4.11. The molecule has 4 rings (SSSR count). The van der Waals surface area contributed by atoms with Crippen molar-refractivity contribution in [3.05, 3.63) is 81.1 Å². The van der Waals surface area contributed by atoms with Crippen LogP contribution in [0.3, 0.4) is 0 Å². The Kier molecular flexibility index (Phi) is 4.86. The number of aromatic amines is 1. The SMILES string of the molecule is O=c1[nH]c(N/N=C/c2c(O)ccc3cc(Br)ccc23)nnc1-c1ccccc1. The van der Waals surface area contributed by atoms with Gasteiger partial charge in [0.05, 0.1) is 6.21 Å². The molecule has 0 bridgehead atoms. The summed E-state index contributed by atoms with van der Waals surface area (Å²) in [4.78, 5) is 14.8. The van der Waals surface area contributed by atoms with E-state index >= 15 is 0 Å². The average Bonchev–Trinajstić information content (AvgIpc) is 2.70. The predicted molar refractivity (Wildman–Crippen MR) is 113 cm³/mol. The molecule has 0 aliphatic rings. The predicted octanol–water partition coefficient (Wildman–Crippen LogP) is 3.90. The molecule has 138 valence electrons. The second-order valence-electron chi connectivity index (χ2n) is 5.95. The van der Waals surface area contributed by atoms with Crippen LogP contribution in [0.5, 0.6) is 5.75 Å². The summed E-state index contributed by atoms with van der Waals surface area (Å²) in [5.41, 5.74) is 3.72.